The summed E-state index contributed by atoms with van der Waals surface area (Å²) < 4.78 is 17.3. The Morgan fingerprint density at radius 3 is 1.22 bits per heavy atom. The molecule has 0 unspecified atom stereocenters. The predicted molar refractivity (Wildman–Crippen MR) is 24.1 cm³/mol. The van der Waals surface area contributed by atoms with E-state index in [2.05, 4.69) is 0 Å². The van der Waals surface area contributed by atoms with Crippen LogP contribution in [0, 0.1) is 0 Å². The van der Waals surface area contributed by atoms with Gasteiger partial charge in [0, 0.05) is 17.1 Å². The van der Waals surface area contributed by atoms with E-state index < -0.39 is 16.5 Å². The minimum absolute atomic E-state index is 0. The SMILES string of the molecule is O=P(O)(O)O.O=PO.[Mn]. The zero-order valence-corrected chi connectivity index (χ0v) is 6.85. The van der Waals surface area contributed by atoms with E-state index in [-0.39, 0.29) is 17.1 Å². The second-order valence-electron chi connectivity index (χ2n) is 0.595. The molecular weight excluding hydrogens is 213 g/mol. The summed E-state index contributed by atoms with van der Waals surface area (Å²) in [6, 6.07) is 0. The van der Waals surface area contributed by atoms with Crippen LogP contribution in [-0.4, -0.2) is 19.6 Å². The van der Waals surface area contributed by atoms with Gasteiger partial charge in [-0.15, -0.1) is 0 Å². The van der Waals surface area contributed by atoms with Gasteiger partial charge >= 0.3 is 16.5 Å². The molecular formula is H4MnO6P2. The molecule has 0 fully saturated rings. The fourth-order valence-electron chi connectivity index (χ4n) is 0. The molecule has 9 heteroatoms. The first-order valence-corrected chi connectivity index (χ1v) is 3.50. The Hall–Kier alpha value is 0.689. The maximum Gasteiger partial charge on any atom is 0.466 e. The molecule has 6 nitrogen and oxygen atoms in total. The van der Waals surface area contributed by atoms with Crippen molar-refractivity contribution in [3.63, 3.8) is 0 Å². The molecule has 0 aromatic rings. The van der Waals surface area contributed by atoms with E-state index in [1.807, 2.05) is 0 Å². The molecule has 0 saturated carbocycles. The topological polar surface area (TPSA) is 115 Å². The van der Waals surface area contributed by atoms with Gasteiger partial charge in [-0.3, -0.25) is 0 Å². The fourth-order valence-corrected chi connectivity index (χ4v) is 0. The van der Waals surface area contributed by atoms with Gasteiger partial charge in [-0.1, -0.05) is 0 Å². The van der Waals surface area contributed by atoms with Crippen molar-refractivity contribution in [3.05, 3.63) is 0 Å². The quantitative estimate of drug-likeness (QED) is 0.313. The summed E-state index contributed by atoms with van der Waals surface area (Å²) in [5, 5.41) is 0. The normalized spacial score (nSPS) is 8.89. The van der Waals surface area contributed by atoms with Gasteiger partial charge in [0.05, 0.1) is 0 Å². The molecule has 0 bridgehead atoms. The van der Waals surface area contributed by atoms with Crippen LogP contribution in [0.4, 0.5) is 0 Å². The number of rotatable bonds is 0. The van der Waals surface area contributed by atoms with Crippen molar-refractivity contribution in [2.24, 2.45) is 0 Å². The molecule has 0 heterocycles. The third kappa shape index (κ3) is 818. The summed E-state index contributed by atoms with van der Waals surface area (Å²) >= 11 is 0. The molecule has 4 N–H and O–H groups in total. The van der Waals surface area contributed by atoms with E-state index in [9.17, 15) is 0 Å². The molecule has 0 saturated heterocycles. The average Bonchev–Trinajstić information content (AvgIpc) is 1.27. The second-order valence-corrected chi connectivity index (χ2v) is 1.78. The van der Waals surface area contributed by atoms with Crippen LogP contribution >= 0.6 is 16.5 Å². The van der Waals surface area contributed by atoms with Gasteiger partial charge in [-0.05, 0) is 0 Å². The first kappa shape index (κ1) is 16.3. The Morgan fingerprint density at radius 2 is 1.22 bits per heavy atom. The summed E-state index contributed by atoms with van der Waals surface area (Å²) in [4.78, 5) is 28.5. The Morgan fingerprint density at radius 1 is 1.22 bits per heavy atom. The van der Waals surface area contributed by atoms with E-state index >= 15 is 0 Å². The minimum atomic E-state index is -4.64. The molecule has 0 amide bonds. The largest absolute Gasteiger partial charge is 0.466 e. The molecule has 0 atom stereocenters. The van der Waals surface area contributed by atoms with Crippen LogP contribution < -0.4 is 0 Å². The summed E-state index contributed by atoms with van der Waals surface area (Å²) in [6.45, 7) is 0. The molecule has 0 rings (SSSR count). The summed E-state index contributed by atoms with van der Waals surface area (Å²) in [5.41, 5.74) is 0. The van der Waals surface area contributed by atoms with Gasteiger partial charge < -0.3 is 19.6 Å². The monoisotopic (exact) mass is 217 g/mol. The molecule has 0 aromatic carbocycles. The van der Waals surface area contributed by atoms with E-state index in [1.54, 1.807) is 0 Å². The molecule has 0 aliphatic carbocycles. The van der Waals surface area contributed by atoms with Gasteiger partial charge in [-0.25, -0.2) is 9.13 Å². The zero-order valence-electron chi connectivity index (χ0n) is 3.88. The van der Waals surface area contributed by atoms with Crippen LogP contribution in [0.1, 0.15) is 0 Å². The zero-order chi connectivity index (χ0) is 7.21. The van der Waals surface area contributed by atoms with Gasteiger partial charge in [-0.2, -0.15) is 0 Å². The Balaban J connectivity index is -0.0000000800. The molecule has 9 heavy (non-hydrogen) atoms. The van der Waals surface area contributed by atoms with Crippen molar-refractivity contribution < 1.29 is 45.8 Å². The van der Waals surface area contributed by atoms with E-state index in [0.717, 1.165) is 0 Å². The van der Waals surface area contributed by atoms with Gasteiger partial charge in [0.2, 0.25) is 0 Å². The smallest absolute Gasteiger partial charge is 0.310 e. The maximum absolute atomic E-state index is 8.88. The predicted octanol–water partition coefficient (Wildman–Crippen LogP) is -0.746. The van der Waals surface area contributed by atoms with Crippen molar-refractivity contribution in [1.29, 1.82) is 0 Å². The summed E-state index contributed by atoms with van der Waals surface area (Å²) in [7, 11) is -5.47. The second kappa shape index (κ2) is 8.69. The Bertz CT molecular complexity index is 85.0. The number of hydrogen-bond donors (Lipinski definition) is 4. The van der Waals surface area contributed by atoms with E-state index in [4.69, 9.17) is 28.7 Å². The third-order valence-corrected chi connectivity index (χ3v) is 0. The minimum Gasteiger partial charge on any atom is -0.310 e. The Labute approximate surface area is 62.9 Å². The maximum atomic E-state index is 8.88. The molecule has 0 spiro atoms. The van der Waals surface area contributed by atoms with Crippen molar-refractivity contribution in [2.75, 3.05) is 0 Å². The van der Waals surface area contributed by atoms with Crippen LogP contribution in [-0.2, 0) is 26.2 Å². The van der Waals surface area contributed by atoms with E-state index in [0.29, 0.717) is 0 Å². The molecule has 0 aromatic heterocycles. The third-order valence-electron chi connectivity index (χ3n) is 0. The summed E-state index contributed by atoms with van der Waals surface area (Å²) in [5.74, 6) is 0. The molecule has 1 radical (unpaired) electrons. The molecule has 57 valence electrons. The van der Waals surface area contributed by atoms with Gasteiger partial charge in [0.25, 0.3) is 0 Å². The first-order valence-electron chi connectivity index (χ1n) is 1.17. The summed E-state index contributed by atoms with van der Waals surface area (Å²) in [6.07, 6.45) is 0. The van der Waals surface area contributed by atoms with Gasteiger partial charge in [0.15, 0.2) is 0 Å². The van der Waals surface area contributed by atoms with E-state index in [1.165, 1.54) is 0 Å². The van der Waals surface area contributed by atoms with Gasteiger partial charge in [0.1, 0.15) is 0 Å². The fraction of sp³-hybridized carbons (Fsp3) is 0. The number of hydrogen-bond acceptors (Lipinski definition) is 2. The van der Waals surface area contributed by atoms with Crippen LogP contribution in [0.2, 0.25) is 0 Å². The van der Waals surface area contributed by atoms with Crippen molar-refractivity contribution in [2.45, 2.75) is 0 Å². The van der Waals surface area contributed by atoms with Crippen LogP contribution in [0.3, 0.4) is 0 Å². The van der Waals surface area contributed by atoms with Crippen LogP contribution in [0.5, 0.6) is 0 Å². The van der Waals surface area contributed by atoms with Crippen LogP contribution in [0.15, 0.2) is 0 Å². The standard InChI is InChI=1S/Mn.H3O4P.HO2P/c;1-5(2,3)4;1-3-2/h;(H3,1,2,3,4);(H,1,2). The number of phosphoric acid groups is 1. The average molecular weight is 217 g/mol. The molecule has 0 aliphatic heterocycles. The first-order chi connectivity index (χ1) is 3.41. The van der Waals surface area contributed by atoms with Crippen molar-refractivity contribution in [3.8, 4) is 0 Å². The van der Waals surface area contributed by atoms with Crippen molar-refractivity contribution >= 4 is 16.5 Å². The molecule has 0 aliphatic rings. The Kier molecular flexibility index (Phi) is 15.8. The van der Waals surface area contributed by atoms with Crippen LogP contribution in [0.25, 0.3) is 0 Å². The van der Waals surface area contributed by atoms with Crippen molar-refractivity contribution in [1.82, 2.24) is 0 Å².